The lowest BCUT2D eigenvalue weighted by atomic mass is 10.3. The van der Waals surface area contributed by atoms with Gasteiger partial charge in [-0.2, -0.15) is 0 Å². The monoisotopic (exact) mass is 320 g/mol. The molecule has 0 heterocycles. The standard InChI is InChI=1S/C16H14F2N2O3/c1-2-23-12-6-4-11(5-7-12)19-15(21)16(22)20-14-9-10(17)3-8-13(14)18/h3-9H,2H2,1H3,(H,19,21)(H,20,22). The Hall–Kier alpha value is -2.96. The molecule has 0 bridgehead atoms. The van der Waals surface area contributed by atoms with Gasteiger partial charge in [-0.15, -0.1) is 0 Å². The van der Waals surface area contributed by atoms with Crippen LogP contribution in [0.1, 0.15) is 6.92 Å². The number of nitrogens with one attached hydrogen (secondary N) is 2. The minimum atomic E-state index is -1.11. The highest BCUT2D eigenvalue weighted by molar-refractivity contribution is 6.43. The molecule has 0 radical (unpaired) electrons. The highest BCUT2D eigenvalue weighted by atomic mass is 19.1. The van der Waals surface area contributed by atoms with Crippen LogP contribution in [0.4, 0.5) is 20.2 Å². The molecule has 2 aromatic rings. The maximum atomic E-state index is 13.4. The van der Waals surface area contributed by atoms with Crippen LogP contribution in [-0.4, -0.2) is 18.4 Å². The van der Waals surface area contributed by atoms with Gasteiger partial charge >= 0.3 is 11.8 Å². The number of hydrogen-bond donors (Lipinski definition) is 2. The zero-order chi connectivity index (χ0) is 16.8. The third-order valence-corrected chi connectivity index (χ3v) is 2.81. The first-order valence-corrected chi connectivity index (χ1v) is 6.80. The van der Waals surface area contributed by atoms with E-state index >= 15 is 0 Å². The maximum absolute atomic E-state index is 13.4. The minimum Gasteiger partial charge on any atom is -0.494 e. The molecule has 0 fully saturated rings. The molecule has 120 valence electrons. The summed E-state index contributed by atoms with van der Waals surface area (Å²) in [5, 5.41) is 4.35. The third kappa shape index (κ3) is 4.50. The van der Waals surface area contributed by atoms with Crippen LogP contribution in [-0.2, 0) is 9.59 Å². The molecular formula is C16H14F2N2O3. The van der Waals surface area contributed by atoms with Crippen molar-refractivity contribution in [1.29, 1.82) is 0 Å². The number of benzene rings is 2. The third-order valence-electron chi connectivity index (χ3n) is 2.81. The van der Waals surface area contributed by atoms with E-state index in [1.165, 1.54) is 0 Å². The molecule has 0 aliphatic rings. The van der Waals surface area contributed by atoms with E-state index < -0.39 is 29.1 Å². The molecule has 2 N–H and O–H groups in total. The summed E-state index contributed by atoms with van der Waals surface area (Å²) in [5.74, 6) is -3.06. The average Bonchev–Trinajstić information content (AvgIpc) is 2.53. The molecule has 0 saturated carbocycles. The Morgan fingerprint density at radius 1 is 1.00 bits per heavy atom. The molecule has 0 spiro atoms. The van der Waals surface area contributed by atoms with E-state index in [0.29, 0.717) is 18.0 Å². The van der Waals surface area contributed by atoms with Crippen molar-refractivity contribution < 1.29 is 23.1 Å². The fourth-order valence-electron chi connectivity index (χ4n) is 1.76. The fourth-order valence-corrected chi connectivity index (χ4v) is 1.76. The van der Waals surface area contributed by atoms with E-state index in [9.17, 15) is 18.4 Å². The minimum absolute atomic E-state index is 0.369. The van der Waals surface area contributed by atoms with Crippen molar-refractivity contribution in [2.24, 2.45) is 0 Å². The van der Waals surface area contributed by atoms with Crippen molar-refractivity contribution in [3.05, 3.63) is 54.1 Å². The van der Waals surface area contributed by atoms with E-state index in [1.807, 2.05) is 12.2 Å². The number of amides is 2. The Morgan fingerprint density at radius 2 is 1.65 bits per heavy atom. The summed E-state index contributed by atoms with van der Waals surface area (Å²) in [7, 11) is 0. The summed E-state index contributed by atoms with van der Waals surface area (Å²) in [6.07, 6.45) is 0. The van der Waals surface area contributed by atoms with Gasteiger partial charge in [0, 0.05) is 11.8 Å². The summed E-state index contributed by atoms with van der Waals surface area (Å²) in [4.78, 5) is 23.5. The van der Waals surface area contributed by atoms with Gasteiger partial charge < -0.3 is 15.4 Å². The lowest BCUT2D eigenvalue weighted by Gasteiger charge is -2.08. The summed E-state index contributed by atoms with van der Waals surface area (Å²) in [6.45, 7) is 2.35. The second-order valence-corrected chi connectivity index (χ2v) is 4.49. The van der Waals surface area contributed by atoms with Gasteiger partial charge in [-0.05, 0) is 43.3 Å². The number of rotatable bonds is 4. The van der Waals surface area contributed by atoms with Gasteiger partial charge in [-0.1, -0.05) is 0 Å². The van der Waals surface area contributed by atoms with E-state index in [0.717, 1.165) is 18.2 Å². The van der Waals surface area contributed by atoms with Crippen LogP contribution in [0.15, 0.2) is 42.5 Å². The summed E-state index contributed by atoms with van der Waals surface area (Å²) in [5.41, 5.74) is -0.0369. The average molecular weight is 320 g/mol. The number of anilines is 2. The number of carbonyl (C=O) groups excluding carboxylic acids is 2. The van der Waals surface area contributed by atoms with Gasteiger partial charge in [0.2, 0.25) is 0 Å². The molecule has 0 atom stereocenters. The van der Waals surface area contributed by atoms with Crippen molar-refractivity contribution in [2.45, 2.75) is 6.92 Å². The zero-order valence-electron chi connectivity index (χ0n) is 12.2. The van der Waals surface area contributed by atoms with Gasteiger partial charge in [-0.3, -0.25) is 9.59 Å². The molecule has 2 aromatic carbocycles. The molecule has 2 amide bonds. The summed E-state index contributed by atoms with van der Waals surface area (Å²) in [6, 6.07) is 8.92. The molecule has 0 unspecified atom stereocenters. The first-order chi connectivity index (χ1) is 11.0. The Labute approximate surface area is 131 Å². The highest BCUT2D eigenvalue weighted by Crippen LogP contribution is 2.17. The fraction of sp³-hybridized carbons (Fsp3) is 0.125. The molecule has 2 rings (SSSR count). The van der Waals surface area contributed by atoms with Crippen LogP contribution in [0.2, 0.25) is 0 Å². The van der Waals surface area contributed by atoms with Crippen LogP contribution < -0.4 is 15.4 Å². The molecule has 0 aliphatic carbocycles. The molecule has 7 heteroatoms. The predicted molar refractivity (Wildman–Crippen MR) is 81.2 cm³/mol. The van der Waals surface area contributed by atoms with Gasteiger partial charge in [0.15, 0.2) is 0 Å². The first kappa shape index (κ1) is 16.4. The van der Waals surface area contributed by atoms with Crippen molar-refractivity contribution in [3.63, 3.8) is 0 Å². The molecular weight excluding hydrogens is 306 g/mol. The Balaban J connectivity index is 1.99. The van der Waals surface area contributed by atoms with E-state index in [4.69, 9.17) is 4.74 Å². The normalized spacial score (nSPS) is 10.0. The molecule has 5 nitrogen and oxygen atoms in total. The van der Waals surface area contributed by atoms with Gasteiger partial charge in [0.05, 0.1) is 12.3 Å². The summed E-state index contributed by atoms with van der Waals surface area (Å²) >= 11 is 0. The molecule has 0 saturated heterocycles. The lowest BCUT2D eigenvalue weighted by molar-refractivity contribution is -0.133. The Morgan fingerprint density at radius 3 is 2.30 bits per heavy atom. The number of carbonyl (C=O) groups is 2. The van der Waals surface area contributed by atoms with Gasteiger partial charge in [-0.25, -0.2) is 8.78 Å². The van der Waals surface area contributed by atoms with E-state index in [2.05, 4.69) is 5.32 Å². The highest BCUT2D eigenvalue weighted by Gasteiger charge is 2.16. The largest absolute Gasteiger partial charge is 0.494 e. The first-order valence-electron chi connectivity index (χ1n) is 6.80. The van der Waals surface area contributed by atoms with Crippen molar-refractivity contribution in [3.8, 4) is 5.75 Å². The van der Waals surface area contributed by atoms with Crippen molar-refractivity contribution in [2.75, 3.05) is 17.2 Å². The van der Waals surface area contributed by atoms with Crippen molar-refractivity contribution in [1.82, 2.24) is 0 Å². The van der Waals surface area contributed by atoms with Gasteiger partial charge in [0.1, 0.15) is 17.4 Å². The lowest BCUT2D eigenvalue weighted by Crippen LogP contribution is -2.29. The second-order valence-electron chi connectivity index (χ2n) is 4.49. The molecule has 23 heavy (non-hydrogen) atoms. The predicted octanol–water partition coefficient (Wildman–Crippen LogP) is 2.94. The van der Waals surface area contributed by atoms with E-state index in [-0.39, 0.29) is 0 Å². The zero-order valence-corrected chi connectivity index (χ0v) is 12.2. The molecule has 0 aliphatic heterocycles. The SMILES string of the molecule is CCOc1ccc(NC(=O)C(=O)Nc2cc(F)ccc2F)cc1. The van der Waals surface area contributed by atoms with Crippen LogP contribution in [0, 0.1) is 11.6 Å². The topological polar surface area (TPSA) is 67.4 Å². The molecule has 0 aromatic heterocycles. The van der Waals surface area contributed by atoms with Crippen LogP contribution in [0.3, 0.4) is 0 Å². The van der Waals surface area contributed by atoms with E-state index in [1.54, 1.807) is 24.3 Å². The summed E-state index contributed by atoms with van der Waals surface area (Å²) < 4.78 is 31.7. The smallest absolute Gasteiger partial charge is 0.314 e. The van der Waals surface area contributed by atoms with Gasteiger partial charge in [0.25, 0.3) is 0 Å². The Bertz CT molecular complexity index is 718. The quantitative estimate of drug-likeness (QED) is 0.851. The number of halogens is 2. The van der Waals surface area contributed by atoms with Crippen LogP contribution in [0.25, 0.3) is 0 Å². The maximum Gasteiger partial charge on any atom is 0.314 e. The second kappa shape index (κ2) is 7.35. The van der Waals surface area contributed by atoms with Crippen LogP contribution >= 0.6 is 0 Å². The number of ether oxygens (including phenoxy) is 1. The van der Waals surface area contributed by atoms with Crippen molar-refractivity contribution >= 4 is 23.2 Å². The Kier molecular flexibility index (Phi) is 5.24. The van der Waals surface area contributed by atoms with Crippen LogP contribution in [0.5, 0.6) is 5.75 Å². The number of hydrogen-bond acceptors (Lipinski definition) is 3.